The SMILES string of the molecule is CC(NC(=O)c1cccc(N2CCCCS2(=O)=O)c1)c1ccc(C(C)(C)C)cc1. The maximum atomic E-state index is 12.8. The largest absolute Gasteiger partial charge is 0.346 e. The van der Waals surface area contributed by atoms with E-state index in [4.69, 9.17) is 0 Å². The molecule has 1 aliphatic rings. The minimum absolute atomic E-state index is 0.0836. The predicted molar refractivity (Wildman–Crippen MR) is 118 cm³/mol. The number of benzene rings is 2. The third-order valence-electron chi connectivity index (χ3n) is 5.37. The summed E-state index contributed by atoms with van der Waals surface area (Å²) >= 11 is 0. The molecule has 1 saturated heterocycles. The predicted octanol–water partition coefficient (Wildman–Crippen LogP) is 4.41. The van der Waals surface area contributed by atoms with Crippen molar-refractivity contribution in [2.45, 2.75) is 52.0 Å². The molecule has 2 aromatic carbocycles. The van der Waals surface area contributed by atoms with Crippen molar-refractivity contribution in [3.05, 3.63) is 65.2 Å². The Labute approximate surface area is 174 Å². The van der Waals surface area contributed by atoms with Crippen molar-refractivity contribution in [3.63, 3.8) is 0 Å². The van der Waals surface area contributed by atoms with E-state index in [0.29, 0.717) is 24.2 Å². The molecule has 1 amide bonds. The van der Waals surface area contributed by atoms with Gasteiger partial charge in [-0.15, -0.1) is 0 Å². The quantitative estimate of drug-likeness (QED) is 0.806. The molecule has 0 radical (unpaired) electrons. The maximum absolute atomic E-state index is 12.8. The molecule has 0 bridgehead atoms. The van der Waals surface area contributed by atoms with Crippen molar-refractivity contribution < 1.29 is 13.2 Å². The summed E-state index contributed by atoms with van der Waals surface area (Å²) in [5, 5.41) is 3.01. The Morgan fingerprint density at radius 2 is 1.76 bits per heavy atom. The Hall–Kier alpha value is -2.34. The fourth-order valence-electron chi connectivity index (χ4n) is 3.52. The topological polar surface area (TPSA) is 66.5 Å². The molecule has 0 spiro atoms. The highest BCUT2D eigenvalue weighted by molar-refractivity contribution is 7.92. The summed E-state index contributed by atoms with van der Waals surface area (Å²) in [5.41, 5.74) is 3.37. The minimum atomic E-state index is -3.30. The smallest absolute Gasteiger partial charge is 0.251 e. The van der Waals surface area contributed by atoms with Crippen molar-refractivity contribution >= 4 is 21.6 Å². The average molecular weight is 415 g/mol. The lowest BCUT2D eigenvalue weighted by Crippen LogP contribution is -2.38. The number of carbonyl (C=O) groups is 1. The van der Waals surface area contributed by atoms with E-state index >= 15 is 0 Å². The molecule has 1 N–H and O–H groups in total. The molecule has 6 heteroatoms. The number of amides is 1. The van der Waals surface area contributed by atoms with E-state index in [9.17, 15) is 13.2 Å². The molecule has 0 aromatic heterocycles. The summed E-state index contributed by atoms with van der Waals surface area (Å²) in [6.07, 6.45) is 1.52. The number of anilines is 1. The Morgan fingerprint density at radius 1 is 1.07 bits per heavy atom. The summed E-state index contributed by atoms with van der Waals surface area (Å²) < 4.78 is 26.1. The first-order valence-electron chi connectivity index (χ1n) is 10.1. The molecule has 29 heavy (non-hydrogen) atoms. The maximum Gasteiger partial charge on any atom is 0.251 e. The van der Waals surface area contributed by atoms with Crippen LogP contribution in [-0.4, -0.2) is 26.6 Å². The van der Waals surface area contributed by atoms with Crippen molar-refractivity contribution in [1.29, 1.82) is 0 Å². The molecule has 1 fully saturated rings. The number of sulfonamides is 1. The van der Waals surface area contributed by atoms with Gasteiger partial charge < -0.3 is 5.32 Å². The van der Waals surface area contributed by atoms with Crippen LogP contribution in [0.3, 0.4) is 0 Å². The second-order valence-electron chi connectivity index (χ2n) is 8.71. The molecule has 1 heterocycles. The van der Waals surface area contributed by atoms with Gasteiger partial charge in [0.1, 0.15) is 0 Å². The fourth-order valence-corrected chi connectivity index (χ4v) is 5.15. The van der Waals surface area contributed by atoms with Crippen LogP contribution in [0.2, 0.25) is 0 Å². The number of rotatable bonds is 4. The average Bonchev–Trinajstić information content (AvgIpc) is 2.67. The van der Waals surface area contributed by atoms with E-state index < -0.39 is 10.0 Å². The molecule has 5 nitrogen and oxygen atoms in total. The summed E-state index contributed by atoms with van der Waals surface area (Å²) in [4.78, 5) is 12.8. The highest BCUT2D eigenvalue weighted by atomic mass is 32.2. The van der Waals surface area contributed by atoms with Crippen molar-refractivity contribution in [2.24, 2.45) is 0 Å². The van der Waals surface area contributed by atoms with Gasteiger partial charge in [0, 0.05) is 12.1 Å². The van der Waals surface area contributed by atoms with Gasteiger partial charge in [0.25, 0.3) is 5.91 Å². The van der Waals surface area contributed by atoms with E-state index in [0.717, 1.165) is 12.0 Å². The number of nitrogens with zero attached hydrogens (tertiary/aromatic N) is 1. The molecule has 1 aliphatic heterocycles. The summed E-state index contributed by atoms with van der Waals surface area (Å²) in [6, 6.07) is 15.0. The zero-order valence-corrected chi connectivity index (χ0v) is 18.4. The normalized spacial score (nSPS) is 17.6. The zero-order valence-electron chi connectivity index (χ0n) is 17.6. The Bertz CT molecular complexity index is 976. The first-order valence-corrected chi connectivity index (χ1v) is 11.7. The third kappa shape index (κ3) is 4.99. The van der Waals surface area contributed by atoms with Crippen LogP contribution in [0.15, 0.2) is 48.5 Å². The zero-order chi connectivity index (χ0) is 21.2. The van der Waals surface area contributed by atoms with Gasteiger partial charge in [-0.05, 0) is 54.5 Å². The summed E-state index contributed by atoms with van der Waals surface area (Å²) in [7, 11) is -3.30. The van der Waals surface area contributed by atoms with Crippen molar-refractivity contribution in [2.75, 3.05) is 16.6 Å². The standard InChI is InChI=1S/C23H30N2O3S/c1-17(18-10-12-20(13-11-18)23(2,3)4)24-22(26)19-8-7-9-21(16-19)25-14-5-6-15-29(25,27)28/h7-13,16-17H,5-6,14-15H2,1-4H3,(H,24,26). The van der Waals surface area contributed by atoms with E-state index in [2.05, 4.69) is 38.2 Å². The molecule has 0 aliphatic carbocycles. The minimum Gasteiger partial charge on any atom is -0.346 e. The molecule has 3 rings (SSSR count). The molecular weight excluding hydrogens is 384 g/mol. The molecule has 1 unspecified atom stereocenters. The number of carbonyl (C=O) groups excluding carboxylic acids is 1. The number of hydrogen-bond acceptors (Lipinski definition) is 3. The second-order valence-corrected chi connectivity index (χ2v) is 10.7. The molecule has 156 valence electrons. The van der Waals surface area contributed by atoms with Crippen LogP contribution in [0.25, 0.3) is 0 Å². The van der Waals surface area contributed by atoms with Gasteiger partial charge in [-0.2, -0.15) is 0 Å². The highest BCUT2D eigenvalue weighted by Crippen LogP contribution is 2.26. The highest BCUT2D eigenvalue weighted by Gasteiger charge is 2.26. The lowest BCUT2D eigenvalue weighted by Gasteiger charge is -2.28. The fraction of sp³-hybridized carbons (Fsp3) is 0.435. The van der Waals surface area contributed by atoms with Gasteiger partial charge in [0.15, 0.2) is 0 Å². The molecule has 0 saturated carbocycles. The Morgan fingerprint density at radius 3 is 2.38 bits per heavy atom. The number of nitrogens with one attached hydrogen (secondary N) is 1. The molecule has 2 aromatic rings. The van der Waals surface area contributed by atoms with Crippen LogP contribution in [0.5, 0.6) is 0 Å². The van der Waals surface area contributed by atoms with Crippen LogP contribution in [0.1, 0.15) is 68.1 Å². The van der Waals surface area contributed by atoms with E-state index in [-0.39, 0.29) is 23.1 Å². The van der Waals surface area contributed by atoms with E-state index in [1.54, 1.807) is 24.3 Å². The Kier molecular flexibility index (Phi) is 6.03. The van der Waals surface area contributed by atoms with Gasteiger partial charge in [0.05, 0.1) is 17.5 Å². The first-order chi connectivity index (χ1) is 13.6. The molecular formula is C23H30N2O3S. The van der Waals surface area contributed by atoms with Gasteiger partial charge in [-0.3, -0.25) is 9.10 Å². The summed E-state index contributed by atoms with van der Waals surface area (Å²) in [6.45, 7) is 8.92. The third-order valence-corrected chi connectivity index (χ3v) is 7.24. The van der Waals surface area contributed by atoms with Gasteiger partial charge in [0.2, 0.25) is 10.0 Å². The van der Waals surface area contributed by atoms with Crippen LogP contribution in [-0.2, 0) is 15.4 Å². The van der Waals surface area contributed by atoms with Crippen molar-refractivity contribution in [3.8, 4) is 0 Å². The monoisotopic (exact) mass is 414 g/mol. The second kappa shape index (κ2) is 8.19. The van der Waals surface area contributed by atoms with Crippen LogP contribution in [0, 0.1) is 0 Å². The van der Waals surface area contributed by atoms with Gasteiger partial charge in [-0.25, -0.2) is 8.42 Å². The van der Waals surface area contributed by atoms with Crippen LogP contribution in [0.4, 0.5) is 5.69 Å². The lowest BCUT2D eigenvalue weighted by molar-refractivity contribution is 0.0940. The van der Waals surface area contributed by atoms with Crippen molar-refractivity contribution in [1.82, 2.24) is 5.32 Å². The summed E-state index contributed by atoms with van der Waals surface area (Å²) in [5.74, 6) is -0.0565. The number of hydrogen-bond donors (Lipinski definition) is 1. The lowest BCUT2D eigenvalue weighted by atomic mass is 9.86. The van der Waals surface area contributed by atoms with Gasteiger partial charge in [-0.1, -0.05) is 51.1 Å². The molecule has 1 atom stereocenters. The van der Waals surface area contributed by atoms with Crippen LogP contribution < -0.4 is 9.62 Å². The van der Waals surface area contributed by atoms with Gasteiger partial charge >= 0.3 is 0 Å². The van der Waals surface area contributed by atoms with Crippen LogP contribution >= 0.6 is 0 Å². The first kappa shape index (κ1) is 21.4. The van der Waals surface area contributed by atoms with E-state index in [1.165, 1.54) is 9.87 Å². The van der Waals surface area contributed by atoms with E-state index in [1.807, 2.05) is 19.1 Å². The Balaban J connectivity index is 1.74.